The molecule has 1 heterocycles. The monoisotopic (exact) mass is 233 g/mol. The van der Waals surface area contributed by atoms with Gasteiger partial charge < -0.3 is 4.90 Å². The van der Waals surface area contributed by atoms with Crippen LogP contribution in [0.4, 0.5) is 0 Å². The van der Waals surface area contributed by atoms with Crippen molar-refractivity contribution in [1.82, 2.24) is 10.3 Å². The van der Waals surface area contributed by atoms with E-state index in [1.165, 1.54) is 0 Å². The van der Waals surface area contributed by atoms with Gasteiger partial charge in [-0.05, 0) is 38.5 Å². The number of thiophene rings is 1. The van der Waals surface area contributed by atoms with Crippen LogP contribution in [0.25, 0.3) is 0 Å². The molecule has 0 aromatic carbocycles. The first kappa shape index (κ1) is 11.9. The van der Waals surface area contributed by atoms with Gasteiger partial charge in [-0.15, -0.1) is 11.3 Å². The van der Waals surface area contributed by atoms with E-state index in [-0.39, 0.29) is 6.04 Å². The minimum Gasteiger partial charge on any atom is -0.309 e. The van der Waals surface area contributed by atoms with E-state index < -0.39 is 0 Å². The van der Waals surface area contributed by atoms with Gasteiger partial charge in [0.05, 0.1) is 11.1 Å². The fourth-order valence-electron chi connectivity index (χ4n) is 1.23. The van der Waals surface area contributed by atoms with E-state index in [9.17, 15) is 0 Å². The number of hydrogen-bond donors (Lipinski definition) is 2. The molecule has 1 atom stereocenters. The van der Waals surface area contributed by atoms with E-state index in [2.05, 4.69) is 10.3 Å². The van der Waals surface area contributed by atoms with Gasteiger partial charge in [-0.1, -0.05) is 11.6 Å². The summed E-state index contributed by atoms with van der Waals surface area (Å²) in [4.78, 5) is 3.25. The lowest BCUT2D eigenvalue weighted by Gasteiger charge is -2.17. The highest BCUT2D eigenvalue weighted by atomic mass is 35.5. The molecule has 0 aliphatic rings. The maximum atomic E-state index is 6.03. The highest BCUT2D eigenvalue weighted by molar-refractivity contribution is 7.10. The second kappa shape index (κ2) is 5.68. The molecule has 1 unspecified atom stereocenters. The number of hydrogen-bond acceptors (Lipinski definition) is 4. The van der Waals surface area contributed by atoms with Crippen LogP contribution in [0.3, 0.4) is 0 Å². The largest absolute Gasteiger partial charge is 0.309 e. The maximum absolute atomic E-state index is 6.03. The van der Waals surface area contributed by atoms with Crippen LogP contribution in [0.2, 0.25) is 5.02 Å². The first-order chi connectivity index (χ1) is 6.65. The van der Waals surface area contributed by atoms with Gasteiger partial charge in [0.25, 0.3) is 0 Å². The molecule has 0 saturated carbocycles. The second-order valence-electron chi connectivity index (χ2n) is 3.44. The summed E-state index contributed by atoms with van der Waals surface area (Å²) in [6.45, 7) is 0.989. The molecular formula is C9H16ClN3S. The summed E-state index contributed by atoms with van der Waals surface area (Å²) in [5, 5.41) is 2.79. The van der Waals surface area contributed by atoms with E-state index in [1.54, 1.807) is 11.3 Å². The SMILES string of the molecule is CN(C)CCC(NN)c1sccc1Cl. The van der Waals surface area contributed by atoms with E-state index in [4.69, 9.17) is 17.4 Å². The van der Waals surface area contributed by atoms with Gasteiger partial charge in [-0.25, -0.2) is 0 Å². The van der Waals surface area contributed by atoms with E-state index in [0.717, 1.165) is 22.9 Å². The zero-order chi connectivity index (χ0) is 10.6. The van der Waals surface area contributed by atoms with Crippen LogP contribution >= 0.6 is 22.9 Å². The molecule has 0 spiro atoms. The quantitative estimate of drug-likeness (QED) is 0.603. The Morgan fingerprint density at radius 1 is 1.64 bits per heavy atom. The molecule has 1 rings (SSSR count). The smallest absolute Gasteiger partial charge is 0.0580 e. The second-order valence-corrected chi connectivity index (χ2v) is 4.80. The van der Waals surface area contributed by atoms with Gasteiger partial charge in [0.1, 0.15) is 0 Å². The van der Waals surface area contributed by atoms with Crippen LogP contribution in [-0.4, -0.2) is 25.5 Å². The van der Waals surface area contributed by atoms with E-state index in [1.807, 2.05) is 25.5 Å². The van der Waals surface area contributed by atoms with Crippen molar-refractivity contribution in [1.29, 1.82) is 0 Å². The van der Waals surface area contributed by atoms with Crippen LogP contribution in [0.5, 0.6) is 0 Å². The zero-order valence-electron chi connectivity index (χ0n) is 8.46. The Kier molecular flexibility index (Phi) is 4.84. The Bertz CT molecular complexity index is 275. The van der Waals surface area contributed by atoms with Gasteiger partial charge in [-0.3, -0.25) is 11.3 Å². The van der Waals surface area contributed by atoms with Gasteiger partial charge >= 0.3 is 0 Å². The molecule has 0 saturated heterocycles. The molecular weight excluding hydrogens is 218 g/mol. The van der Waals surface area contributed by atoms with Crippen molar-refractivity contribution in [3.05, 3.63) is 21.3 Å². The molecule has 3 N–H and O–H groups in total. The molecule has 5 heteroatoms. The standard InChI is InChI=1S/C9H16ClN3S/c1-13(2)5-3-8(12-11)9-7(10)4-6-14-9/h4,6,8,12H,3,5,11H2,1-2H3. The lowest BCUT2D eigenvalue weighted by molar-refractivity contribution is 0.365. The number of nitrogens with two attached hydrogens (primary N) is 1. The van der Waals surface area contributed by atoms with Crippen LogP contribution in [-0.2, 0) is 0 Å². The summed E-state index contributed by atoms with van der Waals surface area (Å²) >= 11 is 7.67. The maximum Gasteiger partial charge on any atom is 0.0580 e. The minimum atomic E-state index is 0.157. The molecule has 0 radical (unpaired) electrons. The third kappa shape index (κ3) is 3.22. The Balaban J connectivity index is 2.58. The Hall–Kier alpha value is -0.130. The highest BCUT2D eigenvalue weighted by Gasteiger charge is 2.14. The lowest BCUT2D eigenvalue weighted by atomic mass is 10.2. The summed E-state index contributed by atoms with van der Waals surface area (Å²) in [5.74, 6) is 5.50. The van der Waals surface area contributed by atoms with Crippen molar-refractivity contribution in [2.45, 2.75) is 12.5 Å². The third-order valence-corrected chi connectivity index (χ3v) is 3.50. The van der Waals surface area contributed by atoms with Crippen LogP contribution in [0, 0.1) is 0 Å². The summed E-state index contributed by atoms with van der Waals surface area (Å²) in [6, 6.07) is 2.06. The van der Waals surface area contributed by atoms with Gasteiger partial charge in [0.15, 0.2) is 0 Å². The molecule has 0 amide bonds. The molecule has 1 aromatic heterocycles. The van der Waals surface area contributed by atoms with Crippen LogP contribution < -0.4 is 11.3 Å². The summed E-state index contributed by atoms with van der Waals surface area (Å²) in [6.07, 6.45) is 0.962. The first-order valence-electron chi connectivity index (χ1n) is 4.49. The Morgan fingerprint density at radius 3 is 2.79 bits per heavy atom. The van der Waals surface area contributed by atoms with Crippen molar-refractivity contribution < 1.29 is 0 Å². The average molecular weight is 234 g/mol. The number of nitrogens with zero attached hydrogens (tertiary/aromatic N) is 1. The molecule has 3 nitrogen and oxygen atoms in total. The van der Waals surface area contributed by atoms with Gasteiger partial charge in [0, 0.05) is 4.88 Å². The summed E-state index contributed by atoms with van der Waals surface area (Å²) in [7, 11) is 4.09. The summed E-state index contributed by atoms with van der Waals surface area (Å²) < 4.78 is 0. The zero-order valence-corrected chi connectivity index (χ0v) is 10.0. The average Bonchev–Trinajstić information content (AvgIpc) is 2.53. The fraction of sp³-hybridized carbons (Fsp3) is 0.556. The van der Waals surface area contributed by atoms with E-state index >= 15 is 0 Å². The predicted molar refractivity (Wildman–Crippen MR) is 62.6 cm³/mol. The minimum absolute atomic E-state index is 0.157. The van der Waals surface area contributed by atoms with Gasteiger partial charge in [0.2, 0.25) is 0 Å². The highest BCUT2D eigenvalue weighted by Crippen LogP contribution is 2.29. The fourth-order valence-corrected chi connectivity index (χ4v) is 2.52. The van der Waals surface area contributed by atoms with Gasteiger partial charge in [-0.2, -0.15) is 0 Å². The normalized spacial score (nSPS) is 13.5. The van der Waals surface area contributed by atoms with Crippen molar-refractivity contribution in [3.63, 3.8) is 0 Å². The summed E-state index contributed by atoms with van der Waals surface area (Å²) in [5.41, 5.74) is 2.80. The number of rotatable bonds is 5. The molecule has 14 heavy (non-hydrogen) atoms. The van der Waals surface area contributed by atoms with Crippen LogP contribution in [0.1, 0.15) is 17.3 Å². The molecule has 0 fully saturated rings. The number of hydrazine groups is 1. The molecule has 0 aliphatic carbocycles. The Morgan fingerprint density at radius 2 is 2.36 bits per heavy atom. The molecule has 0 bridgehead atoms. The topological polar surface area (TPSA) is 41.3 Å². The molecule has 0 aliphatic heterocycles. The molecule has 80 valence electrons. The lowest BCUT2D eigenvalue weighted by Crippen LogP contribution is -2.30. The van der Waals surface area contributed by atoms with Crippen LogP contribution in [0.15, 0.2) is 11.4 Å². The number of nitrogens with one attached hydrogen (secondary N) is 1. The van der Waals surface area contributed by atoms with Crippen molar-refractivity contribution >= 4 is 22.9 Å². The predicted octanol–water partition coefficient (Wildman–Crippen LogP) is 1.86. The number of halogens is 1. The molecule has 1 aromatic rings. The van der Waals surface area contributed by atoms with Crippen molar-refractivity contribution in [2.24, 2.45) is 5.84 Å². The van der Waals surface area contributed by atoms with Crippen molar-refractivity contribution in [2.75, 3.05) is 20.6 Å². The van der Waals surface area contributed by atoms with E-state index in [0.29, 0.717) is 0 Å². The van der Waals surface area contributed by atoms with Crippen molar-refractivity contribution in [3.8, 4) is 0 Å². The Labute approximate surface area is 93.8 Å². The first-order valence-corrected chi connectivity index (χ1v) is 5.74. The third-order valence-electron chi connectivity index (χ3n) is 2.03.